The van der Waals surface area contributed by atoms with E-state index < -0.39 is 18.2 Å². The van der Waals surface area contributed by atoms with Crippen LogP contribution in [0.15, 0.2) is 36.4 Å². The Balaban J connectivity index is 1.66. The third-order valence-corrected chi connectivity index (χ3v) is 13.4. The SMILES string of the molecule is CC(C)c1cccc(C(C)C)c1N1[C](=[Au][Cl])N(c2c(C(C)C)cccc2C(C)C)C2C3CCCC4CCCC(C43)C21. The van der Waals surface area contributed by atoms with Gasteiger partial charge in [0.15, 0.2) is 0 Å². The van der Waals surface area contributed by atoms with Crippen LogP contribution in [0.4, 0.5) is 11.4 Å². The molecule has 6 rings (SSSR count). The summed E-state index contributed by atoms with van der Waals surface area (Å²) in [6, 6.07) is 15.3. The first-order valence-electron chi connectivity index (χ1n) is 16.6. The molecule has 3 saturated carbocycles. The summed E-state index contributed by atoms with van der Waals surface area (Å²) in [4.78, 5) is 5.83. The third kappa shape index (κ3) is 4.83. The molecule has 1 heterocycles. The van der Waals surface area contributed by atoms with Crippen molar-refractivity contribution in [2.24, 2.45) is 23.7 Å². The minimum atomic E-state index is -0.544. The topological polar surface area (TPSA) is 6.48 Å². The van der Waals surface area contributed by atoms with Crippen LogP contribution in [0, 0.1) is 23.7 Å². The van der Waals surface area contributed by atoms with Crippen LogP contribution in [0.2, 0.25) is 0 Å². The van der Waals surface area contributed by atoms with Gasteiger partial charge in [0, 0.05) is 0 Å². The average Bonchev–Trinajstić information content (AvgIpc) is 3.46. The summed E-state index contributed by atoms with van der Waals surface area (Å²) in [6.45, 7) is 19.1. The molecule has 0 N–H and O–H groups in total. The van der Waals surface area contributed by atoms with E-state index in [1.807, 2.05) is 0 Å². The van der Waals surface area contributed by atoms with Crippen LogP contribution in [-0.2, 0) is 18.2 Å². The molecule has 0 aromatic heterocycles. The Morgan fingerprint density at radius 2 is 0.976 bits per heavy atom. The Bertz CT molecular complexity index is 1150. The van der Waals surface area contributed by atoms with Gasteiger partial charge in [0.05, 0.1) is 0 Å². The van der Waals surface area contributed by atoms with Crippen LogP contribution in [-0.4, -0.2) is 16.1 Å². The van der Waals surface area contributed by atoms with E-state index >= 15 is 0 Å². The van der Waals surface area contributed by atoms with Crippen LogP contribution in [0.5, 0.6) is 0 Å². The molecule has 2 nitrogen and oxygen atoms in total. The van der Waals surface area contributed by atoms with E-state index in [4.69, 9.17) is 9.19 Å². The van der Waals surface area contributed by atoms with Crippen LogP contribution in [0.1, 0.15) is 140 Å². The number of hydrogen-bond donors (Lipinski definition) is 0. The Kier molecular flexibility index (Phi) is 8.63. The van der Waals surface area contributed by atoms with E-state index in [0.29, 0.717) is 35.8 Å². The number of hydrogen-bond acceptors (Lipinski definition) is 2. The molecule has 0 amide bonds. The first-order chi connectivity index (χ1) is 19.7. The maximum atomic E-state index is 7.32. The molecule has 0 radical (unpaired) electrons. The van der Waals surface area contributed by atoms with Crippen molar-refractivity contribution >= 4 is 24.5 Å². The van der Waals surface area contributed by atoms with E-state index in [2.05, 4.69) is 102 Å². The molecular weight excluding hydrogens is 705 g/mol. The van der Waals surface area contributed by atoms with E-state index in [1.165, 1.54) is 76.1 Å². The normalized spacial score (nSPS) is 29.4. The van der Waals surface area contributed by atoms with Gasteiger partial charge >= 0.3 is 265 Å². The number of anilines is 2. The quantitative estimate of drug-likeness (QED) is 0.271. The van der Waals surface area contributed by atoms with Gasteiger partial charge in [-0.3, -0.25) is 0 Å². The molecule has 2 aromatic rings. The fourth-order valence-electron chi connectivity index (χ4n) is 9.59. The minimum absolute atomic E-state index is 0.474. The first kappa shape index (κ1) is 30.0. The number of para-hydroxylation sites is 2. The van der Waals surface area contributed by atoms with Gasteiger partial charge in [-0.2, -0.15) is 0 Å². The molecule has 4 atom stereocenters. The van der Waals surface area contributed by atoms with Crippen LogP contribution in [0.3, 0.4) is 0 Å². The molecule has 0 bridgehead atoms. The van der Waals surface area contributed by atoms with Gasteiger partial charge in [-0.05, 0) is 0 Å². The predicted octanol–water partition coefficient (Wildman–Crippen LogP) is 10.4. The third-order valence-electron chi connectivity index (χ3n) is 11.2. The summed E-state index contributed by atoms with van der Waals surface area (Å²) in [5, 5.41) is 0. The predicted molar refractivity (Wildman–Crippen MR) is 174 cm³/mol. The molecule has 1 saturated heterocycles. The fourth-order valence-corrected chi connectivity index (χ4v) is 12.0. The van der Waals surface area contributed by atoms with Gasteiger partial charge in [-0.25, -0.2) is 0 Å². The van der Waals surface area contributed by atoms with Crippen molar-refractivity contribution in [1.82, 2.24) is 0 Å². The Hall–Kier alpha value is -1.06. The van der Waals surface area contributed by atoms with Gasteiger partial charge in [-0.15, -0.1) is 0 Å². The summed E-state index contributed by atoms with van der Waals surface area (Å²) >= 11 is -0.544. The van der Waals surface area contributed by atoms with E-state index in [1.54, 1.807) is 0 Å². The molecule has 4 aliphatic rings. The van der Waals surface area contributed by atoms with Crippen molar-refractivity contribution in [1.29, 1.82) is 0 Å². The zero-order valence-electron chi connectivity index (χ0n) is 26.6. The molecule has 228 valence electrons. The fraction of sp³-hybridized carbons (Fsp3) is 0.649. The van der Waals surface area contributed by atoms with Crippen molar-refractivity contribution < 1.29 is 18.2 Å². The number of benzene rings is 2. The number of nitrogens with zero attached hydrogens (tertiary/aromatic N) is 2. The molecule has 0 spiro atoms. The second-order valence-corrected chi connectivity index (χ2v) is 17.0. The second-order valence-electron chi connectivity index (χ2n) is 14.7. The van der Waals surface area contributed by atoms with E-state index in [0.717, 1.165) is 23.7 Å². The van der Waals surface area contributed by atoms with Crippen LogP contribution in [0.25, 0.3) is 0 Å². The van der Waals surface area contributed by atoms with Gasteiger partial charge in [0.2, 0.25) is 0 Å². The van der Waals surface area contributed by atoms with Crippen molar-refractivity contribution in [3.05, 3.63) is 58.7 Å². The standard InChI is InChI=1S/C37H52N2.Au.ClH/c1-22(2)27-15-11-16-28(23(3)4)34(27)38-21-39(35-29(24(5)6)17-12-18-30(35)25(7)8)37-32-20-10-14-26-13-9-19-31(33(26)32)36(37)38;;/h11-12,15-18,22-26,31-33,36-37H,9-10,13-14,19-20H2,1-8H3;;1H/q;+1;/p-1. The molecule has 41 heavy (non-hydrogen) atoms. The summed E-state index contributed by atoms with van der Waals surface area (Å²) in [5.74, 6) is 5.22. The molecule has 4 fully saturated rings. The summed E-state index contributed by atoms with van der Waals surface area (Å²) in [6.07, 6.45) is 8.49. The number of fused-ring (bicyclic) bond motifs is 3. The first-order valence-corrected chi connectivity index (χ1v) is 20.3. The molecule has 4 heteroatoms. The maximum absolute atomic E-state index is 7.32. The second kappa shape index (κ2) is 11.8. The van der Waals surface area contributed by atoms with Crippen LogP contribution >= 0.6 is 9.19 Å². The number of rotatable bonds is 6. The molecule has 3 aliphatic carbocycles. The van der Waals surface area contributed by atoms with Gasteiger partial charge in [-0.1, -0.05) is 0 Å². The Morgan fingerprint density at radius 3 is 1.29 bits per heavy atom. The summed E-state index contributed by atoms with van der Waals surface area (Å²) in [7, 11) is 7.32. The van der Waals surface area contributed by atoms with Gasteiger partial charge in [0.1, 0.15) is 0 Å². The van der Waals surface area contributed by atoms with Crippen molar-refractivity contribution in [3.63, 3.8) is 0 Å². The van der Waals surface area contributed by atoms with Crippen LogP contribution < -0.4 is 9.80 Å². The monoisotopic (exact) mass is 756 g/mol. The van der Waals surface area contributed by atoms with Crippen molar-refractivity contribution in [2.45, 2.75) is 130 Å². The molecule has 1 aliphatic heterocycles. The Labute approximate surface area is 263 Å². The van der Waals surface area contributed by atoms with Gasteiger partial charge < -0.3 is 0 Å². The molecular formula is C37H52AuClN2. The van der Waals surface area contributed by atoms with E-state index in [-0.39, 0.29) is 0 Å². The Morgan fingerprint density at radius 1 is 0.610 bits per heavy atom. The average molecular weight is 757 g/mol. The molecule has 4 unspecified atom stereocenters. The van der Waals surface area contributed by atoms with Crippen molar-refractivity contribution in [2.75, 3.05) is 9.80 Å². The summed E-state index contributed by atoms with van der Waals surface area (Å²) < 4.78 is 1.44. The molecule has 2 aromatic carbocycles. The zero-order valence-corrected chi connectivity index (χ0v) is 29.5. The van der Waals surface area contributed by atoms with E-state index in [9.17, 15) is 0 Å². The van der Waals surface area contributed by atoms with Gasteiger partial charge in [0.25, 0.3) is 0 Å². The van der Waals surface area contributed by atoms with Crippen molar-refractivity contribution in [3.8, 4) is 0 Å². The summed E-state index contributed by atoms with van der Waals surface area (Å²) in [5.41, 5.74) is 9.04. The zero-order chi connectivity index (χ0) is 29.2. The number of halogens is 1.